The van der Waals surface area contributed by atoms with E-state index in [0.29, 0.717) is 12.8 Å². The summed E-state index contributed by atoms with van der Waals surface area (Å²) in [4.78, 5) is 34.7. The first kappa shape index (κ1) is 50.5. The van der Waals surface area contributed by atoms with Crippen LogP contribution in [0.2, 0.25) is 0 Å². The molecule has 0 saturated heterocycles. The van der Waals surface area contributed by atoms with Crippen molar-refractivity contribution in [2.45, 2.75) is 161 Å². The number of carbonyl (C=O) groups excluding carboxylic acids is 2. The molecule has 0 aliphatic rings. The Bertz CT molecular complexity index is 1100. The van der Waals surface area contributed by atoms with Gasteiger partial charge in [-0.3, -0.25) is 18.6 Å². The molecule has 0 rings (SSSR count). The molecule has 0 aromatic carbocycles. The monoisotopic (exact) mass is 764 g/mol. The number of esters is 2. The quantitative estimate of drug-likeness (QED) is 0.0274. The summed E-state index contributed by atoms with van der Waals surface area (Å²) in [5, 5.41) is 0. The third-order valence-electron chi connectivity index (χ3n) is 8.08. The minimum absolute atomic E-state index is 0.0395. The molecule has 53 heavy (non-hydrogen) atoms. The normalized spacial score (nSPS) is 14.1. The van der Waals surface area contributed by atoms with Crippen LogP contribution in [0.15, 0.2) is 72.9 Å². The molecule has 1 unspecified atom stereocenters. The van der Waals surface area contributed by atoms with Gasteiger partial charge in [-0.15, -0.1) is 0 Å². The molecular formula is C43H74NO8P. The third kappa shape index (κ3) is 39.0. The minimum Gasteiger partial charge on any atom is -0.462 e. The van der Waals surface area contributed by atoms with E-state index in [2.05, 4.69) is 74.6 Å². The van der Waals surface area contributed by atoms with Gasteiger partial charge in [0, 0.05) is 19.4 Å². The fourth-order valence-electron chi connectivity index (χ4n) is 5.02. The molecule has 0 spiro atoms. The molecule has 0 fully saturated rings. The van der Waals surface area contributed by atoms with Crippen molar-refractivity contribution in [3.8, 4) is 0 Å². The maximum atomic E-state index is 12.5. The van der Waals surface area contributed by atoms with Crippen LogP contribution >= 0.6 is 7.82 Å². The molecule has 0 aromatic rings. The zero-order valence-electron chi connectivity index (χ0n) is 33.2. The van der Waals surface area contributed by atoms with Gasteiger partial charge in [-0.1, -0.05) is 138 Å². The van der Waals surface area contributed by atoms with E-state index in [4.69, 9.17) is 24.3 Å². The highest BCUT2D eigenvalue weighted by atomic mass is 31.2. The van der Waals surface area contributed by atoms with Gasteiger partial charge < -0.3 is 20.1 Å². The first-order valence-electron chi connectivity index (χ1n) is 20.4. The highest BCUT2D eigenvalue weighted by molar-refractivity contribution is 7.47. The lowest BCUT2D eigenvalue weighted by Crippen LogP contribution is -2.29. The van der Waals surface area contributed by atoms with Crippen molar-refractivity contribution in [3.05, 3.63) is 72.9 Å². The third-order valence-corrected chi connectivity index (χ3v) is 9.06. The summed E-state index contributed by atoms with van der Waals surface area (Å²) in [6, 6.07) is 0. The summed E-state index contributed by atoms with van der Waals surface area (Å²) in [6.07, 6.45) is 46.6. The van der Waals surface area contributed by atoms with Gasteiger partial charge in [0.25, 0.3) is 0 Å². The molecule has 0 aliphatic carbocycles. The molecule has 0 saturated carbocycles. The van der Waals surface area contributed by atoms with Crippen LogP contribution in [-0.2, 0) is 32.7 Å². The predicted molar refractivity (Wildman–Crippen MR) is 219 cm³/mol. The van der Waals surface area contributed by atoms with Crippen molar-refractivity contribution in [1.82, 2.24) is 0 Å². The van der Waals surface area contributed by atoms with Crippen molar-refractivity contribution in [3.63, 3.8) is 0 Å². The largest absolute Gasteiger partial charge is 0.472 e. The molecule has 0 bridgehead atoms. The SMILES string of the molecule is CCCCC/C=C\C/C=C\C/C=C\C/C=C\C/C=C\CCC(=O)OC[C@H](COP(=O)(O)OCCN)OC(=O)CCCCCCC/C=C\CCCCCC. The molecule has 10 heteroatoms. The molecular weight excluding hydrogens is 689 g/mol. The molecule has 0 aliphatic heterocycles. The van der Waals surface area contributed by atoms with Crippen LogP contribution in [0, 0.1) is 0 Å². The molecule has 0 amide bonds. The highest BCUT2D eigenvalue weighted by Crippen LogP contribution is 2.43. The second-order valence-corrected chi connectivity index (χ2v) is 14.6. The number of nitrogens with two attached hydrogens (primary N) is 1. The molecule has 0 radical (unpaired) electrons. The number of allylic oxidation sites excluding steroid dienone is 12. The van der Waals surface area contributed by atoms with Crippen LogP contribution in [0.1, 0.15) is 155 Å². The Morgan fingerprint density at radius 3 is 1.58 bits per heavy atom. The van der Waals surface area contributed by atoms with E-state index in [9.17, 15) is 19.0 Å². The number of ether oxygens (including phenoxy) is 2. The van der Waals surface area contributed by atoms with E-state index in [1.165, 1.54) is 51.4 Å². The van der Waals surface area contributed by atoms with Gasteiger partial charge >= 0.3 is 19.8 Å². The van der Waals surface area contributed by atoms with E-state index >= 15 is 0 Å². The topological polar surface area (TPSA) is 134 Å². The van der Waals surface area contributed by atoms with Gasteiger partial charge in [-0.25, -0.2) is 4.57 Å². The van der Waals surface area contributed by atoms with Gasteiger partial charge in [0.05, 0.1) is 13.2 Å². The van der Waals surface area contributed by atoms with E-state index in [0.717, 1.165) is 64.2 Å². The number of unbranched alkanes of at least 4 members (excludes halogenated alkanes) is 12. The van der Waals surface area contributed by atoms with Crippen LogP contribution in [-0.4, -0.2) is 49.3 Å². The maximum Gasteiger partial charge on any atom is 0.472 e. The number of phosphoric ester groups is 1. The number of carbonyl (C=O) groups is 2. The van der Waals surface area contributed by atoms with Crippen LogP contribution in [0.4, 0.5) is 0 Å². The smallest absolute Gasteiger partial charge is 0.462 e. The minimum atomic E-state index is -4.39. The van der Waals surface area contributed by atoms with Gasteiger partial charge in [-0.05, 0) is 77.0 Å². The highest BCUT2D eigenvalue weighted by Gasteiger charge is 2.25. The Balaban J connectivity index is 4.34. The number of rotatable bonds is 37. The standard InChI is InChI=1S/C43H74NO8P/c1-3-5-7-9-11-13-15-17-18-19-20-21-22-24-25-27-29-31-33-35-42(45)49-39-41(40-51-53(47,48)50-38-37-44)52-43(46)36-34-32-30-28-26-23-16-14-12-10-8-6-4-2/h11,13-14,16-18,20-21,24-25,29,31,41H,3-10,12,15,19,22-23,26-28,30,32-40,44H2,1-2H3,(H,47,48)/b13-11-,16-14-,18-17-,21-20-,25-24-,31-29-/t41-/m1/s1. The Hall–Kier alpha value is -2.55. The van der Waals surface area contributed by atoms with Crippen molar-refractivity contribution in [2.75, 3.05) is 26.4 Å². The van der Waals surface area contributed by atoms with Gasteiger partial charge in [-0.2, -0.15) is 0 Å². The summed E-state index contributed by atoms with van der Waals surface area (Å²) >= 11 is 0. The first-order chi connectivity index (χ1) is 25.8. The molecule has 3 N–H and O–H groups in total. The first-order valence-corrected chi connectivity index (χ1v) is 21.9. The molecule has 9 nitrogen and oxygen atoms in total. The average Bonchev–Trinajstić information content (AvgIpc) is 3.14. The number of hydrogen-bond acceptors (Lipinski definition) is 8. The van der Waals surface area contributed by atoms with Gasteiger partial charge in [0.1, 0.15) is 6.61 Å². The van der Waals surface area contributed by atoms with E-state index in [1.807, 2.05) is 12.2 Å². The van der Waals surface area contributed by atoms with Crippen LogP contribution in [0.25, 0.3) is 0 Å². The number of phosphoric acid groups is 1. The van der Waals surface area contributed by atoms with E-state index in [-0.39, 0.29) is 32.6 Å². The number of hydrogen-bond donors (Lipinski definition) is 2. The van der Waals surface area contributed by atoms with Crippen molar-refractivity contribution in [1.29, 1.82) is 0 Å². The summed E-state index contributed by atoms with van der Waals surface area (Å²) in [6.45, 7) is 3.57. The molecule has 304 valence electrons. The van der Waals surface area contributed by atoms with Crippen molar-refractivity contribution >= 4 is 19.8 Å². The van der Waals surface area contributed by atoms with Crippen LogP contribution < -0.4 is 5.73 Å². The fraction of sp³-hybridized carbons (Fsp3) is 0.674. The average molecular weight is 764 g/mol. The van der Waals surface area contributed by atoms with Crippen molar-refractivity contribution in [2.24, 2.45) is 5.73 Å². The Kier molecular flexibility index (Phi) is 37.3. The molecule has 0 heterocycles. The van der Waals surface area contributed by atoms with Crippen LogP contribution in [0.5, 0.6) is 0 Å². The van der Waals surface area contributed by atoms with E-state index < -0.39 is 32.5 Å². The zero-order valence-corrected chi connectivity index (χ0v) is 34.1. The van der Waals surface area contributed by atoms with Crippen LogP contribution in [0.3, 0.4) is 0 Å². The van der Waals surface area contributed by atoms with Gasteiger partial charge in [0.15, 0.2) is 6.10 Å². The second-order valence-electron chi connectivity index (χ2n) is 13.1. The Morgan fingerprint density at radius 2 is 1.02 bits per heavy atom. The Labute approximate surface area is 322 Å². The van der Waals surface area contributed by atoms with E-state index in [1.54, 1.807) is 0 Å². The summed E-state index contributed by atoms with van der Waals surface area (Å²) < 4.78 is 32.6. The van der Waals surface area contributed by atoms with Gasteiger partial charge in [0.2, 0.25) is 0 Å². The van der Waals surface area contributed by atoms with Crippen molar-refractivity contribution < 1.29 is 37.6 Å². The fourth-order valence-corrected chi connectivity index (χ4v) is 5.79. The lowest BCUT2D eigenvalue weighted by Gasteiger charge is -2.19. The molecule has 0 aromatic heterocycles. The Morgan fingerprint density at radius 1 is 0.566 bits per heavy atom. The zero-order chi connectivity index (χ0) is 38.9. The molecule has 2 atom stereocenters. The lowest BCUT2D eigenvalue weighted by atomic mass is 10.1. The summed E-state index contributed by atoms with van der Waals surface area (Å²) in [5.74, 6) is -0.942. The maximum absolute atomic E-state index is 12.5. The summed E-state index contributed by atoms with van der Waals surface area (Å²) in [5.41, 5.74) is 5.33. The lowest BCUT2D eigenvalue weighted by molar-refractivity contribution is -0.161. The summed E-state index contributed by atoms with van der Waals surface area (Å²) in [7, 11) is -4.39. The predicted octanol–water partition coefficient (Wildman–Crippen LogP) is 11.5. The second kappa shape index (κ2) is 39.2.